The van der Waals surface area contributed by atoms with Crippen LogP contribution in [0.4, 0.5) is 5.69 Å². The summed E-state index contributed by atoms with van der Waals surface area (Å²) in [7, 11) is 0. The number of rotatable bonds is 5. The zero-order valence-electron chi connectivity index (χ0n) is 12.8. The molecule has 1 amide bonds. The molecular formula is C15H18N4O3. The molecule has 0 fully saturated rings. The van der Waals surface area contributed by atoms with Crippen LogP contribution in [0.3, 0.4) is 0 Å². The molecule has 0 aliphatic heterocycles. The molecule has 0 bridgehead atoms. The highest BCUT2D eigenvalue weighted by Crippen LogP contribution is 2.21. The van der Waals surface area contributed by atoms with E-state index in [2.05, 4.69) is 15.6 Å². The van der Waals surface area contributed by atoms with Crippen molar-refractivity contribution in [2.75, 3.05) is 5.32 Å². The molecule has 2 aromatic rings. The normalized spacial score (nSPS) is 10.5. The molecule has 0 radical (unpaired) electrons. The minimum Gasteiger partial charge on any atom is -0.481 e. The maximum Gasteiger partial charge on any atom is 0.309 e. The standard InChI is InChI=1S/C15H18N4O3/c1-9-4-10(2)15(11(3)5-9)17-13(20)8-19-12(6-14(21)22)7-16-18-19/h4-5,7H,6,8H2,1-3H3,(H,17,20)(H,21,22). The van der Waals surface area contributed by atoms with Gasteiger partial charge in [0, 0.05) is 5.69 Å². The quantitative estimate of drug-likeness (QED) is 0.871. The van der Waals surface area contributed by atoms with Gasteiger partial charge >= 0.3 is 5.97 Å². The van der Waals surface area contributed by atoms with Crippen molar-refractivity contribution in [3.8, 4) is 0 Å². The Morgan fingerprint density at radius 1 is 1.23 bits per heavy atom. The predicted octanol–water partition coefficient (Wildman–Crippen LogP) is 1.47. The van der Waals surface area contributed by atoms with Gasteiger partial charge in [-0.25, -0.2) is 4.68 Å². The van der Waals surface area contributed by atoms with Gasteiger partial charge in [0.05, 0.1) is 18.3 Å². The number of aromatic nitrogens is 3. The maximum absolute atomic E-state index is 12.2. The molecule has 1 heterocycles. The number of aliphatic carboxylic acids is 1. The van der Waals surface area contributed by atoms with Crippen LogP contribution in [0.25, 0.3) is 0 Å². The maximum atomic E-state index is 12.2. The van der Waals surface area contributed by atoms with E-state index in [-0.39, 0.29) is 18.9 Å². The van der Waals surface area contributed by atoms with Gasteiger partial charge in [-0.1, -0.05) is 22.9 Å². The number of carboxylic acid groups (broad SMARTS) is 1. The molecule has 7 heteroatoms. The Balaban J connectivity index is 2.11. The van der Waals surface area contributed by atoms with Gasteiger partial charge in [0.1, 0.15) is 6.54 Å². The second kappa shape index (κ2) is 6.38. The van der Waals surface area contributed by atoms with Crippen molar-refractivity contribution in [1.82, 2.24) is 15.0 Å². The number of anilines is 1. The first kappa shape index (κ1) is 15.7. The van der Waals surface area contributed by atoms with Crippen molar-refractivity contribution in [2.45, 2.75) is 33.7 Å². The summed E-state index contributed by atoms with van der Waals surface area (Å²) in [5.74, 6) is -1.26. The number of amides is 1. The van der Waals surface area contributed by atoms with Crippen LogP contribution < -0.4 is 5.32 Å². The molecule has 0 atom stereocenters. The average Bonchev–Trinajstić information content (AvgIpc) is 2.80. The summed E-state index contributed by atoms with van der Waals surface area (Å²) in [6, 6.07) is 3.99. The zero-order chi connectivity index (χ0) is 16.3. The molecule has 0 saturated heterocycles. The summed E-state index contributed by atoms with van der Waals surface area (Å²) in [4.78, 5) is 22.9. The van der Waals surface area contributed by atoms with E-state index in [4.69, 9.17) is 5.11 Å². The van der Waals surface area contributed by atoms with Crippen LogP contribution in [0.15, 0.2) is 18.3 Å². The summed E-state index contributed by atoms with van der Waals surface area (Å²) < 4.78 is 1.29. The Labute approximate surface area is 128 Å². The Hall–Kier alpha value is -2.70. The third kappa shape index (κ3) is 3.69. The van der Waals surface area contributed by atoms with Crippen LogP contribution in [0.5, 0.6) is 0 Å². The number of nitrogens with one attached hydrogen (secondary N) is 1. The zero-order valence-corrected chi connectivity index (χ0v) is 12.8. The lowest BCUT2D eigenvalue weighted by atomic mass is 10.1. The summed E-state index contributed by atoms with van der Waals surface area (Å²) in [5, 5.41) is 19.1. The van der Waals surface area contributed by atoms with E-state index >= 15 is 0 Å². The van der Waals surface area contributed by atoms with Crippen molar-refractivity contribution in [3.05, 3.63) is 40.7 Å². The molecule has 0 spiro atoms. The highest BCUT2D eigenvalue weighted by molar-refractivity contribution is 5.92. The van der Waals surface area contributed by atoms with Gasteiger partial charge in [-0.05, 0) is 31.9 Å². The van der Waals surface area contributed by atoms with Crippen molar-refractivity contribution < 1.29 is 14.7 Å². The topological polar surface area (TPSA) is 97.1 Å². The molecule has 7 nitrogen and oxygen atoms in total. The van der Waals surface area contributed by atoms with Crippen LogP contribution in [-0.4, -0.2) is 32.0 Å². The monoisotopic (exact) mass is 302 g/mol. The number of carbonyl (C=O) groups is 2. The van der Waals surface area contributed by atoms with Gasteiger partial charge < -0.3 is 10.4 Å². The number of benzene rings is 1. The lowest BCUT2D eigenvalue weighted by molar-refractivity contribution is -0.136. The van der Waals surface area contributed by atoms with Gasteiger partial charge in [-0.15, -0.1) is 5.10 Å². The van der Waals surface area contributed by atoms with E-state index in [9.17, 15) is 9.59 Å². The summed E-state index contributed by atoms with van der Waals surface area (Å²) in [5.41, 5.74) is 4.26. The number of nitrogens with zero attached hydrogens (tertiary/aromatic N) is 3. The number of hydrogen-bond donors (Lipinski definition) is 2. The molecular weight excluding hydrogens is 284 g/mol. The van der Waals surface area contributed by atoms with Gasteiger partial charge in [-0.3, -0.25) is 9.59 Å². The van der Waals surface area contributed by atoms with Crippen molar-refractivity contribution in [3.63, 3.8) is 0 Å². The predicted molar refractivity (Wildman–Crippen MR) is 80.6 cm³/mol. The first-order valence-electron chi connectivity index (χ1n) is 6.83. The lowest BCUT2D eigenvalue weighted by Crippen LogP contribution is -2.22. The van der Waals surface area contributed by atoms with Crippen LogP contribution >= 0.6 is 0 Å². The fourth-order valence-electron chi connectivity index (χ4n) is 2.40. The molecule has 1 aromatic heterocycles. The van der Waals surface area contributed by atoms with Crippen LogP contribution in [-0.2, 0) is 22.6 Å². The summed E-state index contributed by atoms with van der Waals surface area (Å²) in [6.07, 6.45) is 1.13. The van der Waals surface area contributed by atoms with E-state index in [1.54, 1.807) is 0 Å². The van der Waals surface area contributed by atoms with E-state index < -0.39 is 5.97 Å². The molecule has 22 heavy (non-hydrogen) atoms. The van der Waals surface area contributed by atoms with E-state index in [1.165, 1.54) is 10.9 Å². The van der Waals surface area contributed by atoms with E-state index in [1.807, 2.05) is 32.9 Å². The number of carbonyl (C=O) groups excluding carboxylic acids is 1. The van der Waals surface area contributed by atoms with Crippen molar-refractivity contribution in [2.24, 2.45) is 0 Å². The van der Waals surface area contributed by atoms with E-state index in [0.29, 0.717) is 5.69 Å². The third-order valence-corrected chi connectivity index (χ3v) is 3.27. The summed E-state index contributed by atoms with van der Waals surface area (Å²) >= 11 is 0. The van der Waals surface area contributed by atoms with Gasteiger partial charge in [0.15, 0.2) is 0 Å². The van der Waals surface area contributed by atoms with Crippen LogP contribution in [0, 0.1) is 20.8 Å². The number of carboxylic acids is 1. The van der Waals surface area contributed by atoms with Crippen LogP contribution in [0.1, 0.15) is 22.4 Å². The molecule has 0 aliphatic carbocycles. The smallest absolute Gasteiger partial charge is 0.309 e. The molecule has 2 rings (SSSR count). The Kier molecular flexibility index (Phi) is 4.55. The molecule has 0 unspecified atom stereocenters. The SMILES string of the molecule is Cc1cc(C)c(NC(=O)Cn2nncc2CC(=O)O)c(C)c1. The Morgan fingerprint density at radius 3 is 2.45 bits per heavy atom. The largest absolute Gasteiger partial charge is 0.481 e. The van der Waals surface area contributed by atoms with Gasteiger partial charge in [0.25, 0.3) is 0 Å². The Morgan fingerprint density at radius 2 is 1.86 bits per heavy atom. The number of hydrogen-bond acceptors (Lipinski definition) is 4. The minimum absolute atomic E-state index is 0.0740. The molecule has 0 saturated carbocycles. The number of aryl methyl sites for hydroxylation is 3. The lowest BCUT2D eigenvalue weighted by Gasteiger charge is -2.13. The molecule has 0 aliphatic rings. The minimum atomic E-state index is -0.991. The second-order valence-corrected chi connectivity index (χ2v) is 5.28. The van der Waals surface area contributed by atoms with Gasteiger partial charge in [0.2, 0.25) is 5.91 Å². The summed E-state index contributed by atoms with van der Waals surface area (Å²) in [6.45, 7) is 5.79. The highest BCUT2D eigenvalue weighted by Gasteiger charge is 2.13. The third-order valence-electron chi connectivity index (χ3n) is 3.27. The average molecular weight is 302 g/mol. The molecule has 116 valence electrons. The van der Waals surface area contributed by atoms with Crippen molar-refractivity contribution in [1.29, 1.82) is 0 Å². The van der Waals surface area contributed by atoms with E-state index in [0.717, 1.165) is 22.4 Å². The fraction of sp³-hybridized carbons (Fsp3) is 0.333. The first-order chi connectivity index (χ1) is 10.4. The molecule has 2 N–H and O–H groups in total. The fourth-order valence-corrected chi connectivity index (χ4v) is 2.40. The molecule has 1 aromatic carbocycles. The highest BCUT2D eigenvalue weighted by atomic mass is 16.4. The van der Waals surface area contributed by atoms with Crippen molar-refractivity contribution >= 4 is 17.6 Å². The van der Waals surface area contributed by atoms with Gasteiger partial charge in [-0.2, -0.15) is 0 Å². The second-order valence-electron chi connectivity index (χ2n) is 5.28. The Bertz CT molecular complexity index is 698. The first-order valence-corrected chi connectivity index (χ1v) is 6.83. The van der Waals surface area contributed by atoms with Crippen LogP contribution in [0.2, 0.25) is 0 Å².